The molecule has 2 aromatic heterocycles. The third-order valence-corrected chi connectivity index (χ3v) is 15.3. The van der Waals surface area contributed by atoms with Crippen LogP contribution in [0.5, 0.6) is 6.01 Å². The average molecular weight is 1060 g/mol. The number of nitrogens with one attached hydrogen (secondary N) is 5. The number of benzene rings is 3. The number of likely N-dealkylation sites (tertiary alicyclic amines) is 1. The van der Waals surface area contributed by atoms with Crippen LogP contribution in [0.4, 0.5) is 21.7 Å². The normalized spacial score (nSPS) is 17.5. The first-order valence-corrected chi connectivity index (χ1v) is 26.6. The molecule has 1 aliphatic carbocycles. The fourth-order valence-electron chi connectivity index (χ4n) is 8.46. The monoisotopic (exact) mass is 1060 g/mol. The Morgan fingerprint density at radius 2 is 1.73 bits per heavy atom. The summed E-state index contributed by atoms with van der Waals surface area (Å²) >= 11 is 2.55. The van der Waals surface area contributed by atoms with Crippen molar-refractivity contribution in [3.63, 3.8) is 0 Å². The molecule has 0 spiro atoms. The van der Waals surface area contributed by atoms with Gasteiger partial charge in [-0.2, -0.15) is 15.1 Å². The van der Waals surface area contributed by atoms with Crippen LogP contribution in [-0.4, -0.2) is 141 Å². The van der Waals surface area contributed by atoms with E-state index in [0.29, 0.717) is 50.0 Å². The molecule has 3 atom stereocenters. The Labute approximate surface area is 442 Å². The van der Waals surface area contributed by atoms with Crippen LogP contribution >= 0.6 is 23.1 Å². The van der Waals surface area contributed by atoms with Crippen molar-refractivity contribution >= 4 is 76.2 Å². The number of aliphatic hydroxyl groups is 1. The summed E-state index contributed by atoms with van der Waals surface area (Å²) in [7, 11) is 0. The SMILES string of the molecule is Cc1cccc(/C=N/Nc2cc(N3CCOCC3)nc(OCCc3ccc(NC(=O)CNC(=O)CSC(C)(C)[C@H](NC(=O)C4(F)CC4)C(=O)N4C[C@H](O)C[C@H]4C(=O)NCc4ccc(-c5scnc5C)cc4)cc3)n2)c1. The Bertz CT molecular complexity index is 2860. The van der Waals surface area contributed by atoms with Crippen LogP contribution in [0.15, 0.2) is 89.5 Å². The summed E-state index contributed by atoms with van der Waals surface area (Å²) in [5, 5.41) is 25.9. The maximum absolute atomic E-state index is 15.1. The molecule has 0 unspecified atom stereocenters. The highest BCUT2D eigenvalue weighted by Crippen LogP contribution is 2.41. The molecule has 19 nitrogen and oxygen atoms in total. The molecule has 75 heavy (non-hydrogen) atoms. The van der Waals surface area contributed by atoms with E-state index < -0.39 is 58.1 Å². The summed E-state index contributed by atoms with van der Waals surface area (Å²) in [6, 6.07) is 22.4. The van der Waals surface area contributed by atoms with Gasteiger partial charge in [0.2, 0.25) is 23.6 Å². The topological polar surface area (TPSA) is 242 Å². The van der Waals surface area contributed by atoms with E-state index in [9.17, 15) is 29.1 Å². The number of morpholine rings is 1. The van der Waals surface area contributed by atoms with Crippen LogP contribution in [0.1, 0.15) is 61.1 Å². The number of alkyl halides is 1. The quantitative estimate of drug-likeness (QED) is 0.0397. The molecular formula is C53H62FN11O8S2. The average Bonchev–Trinajstić information content (AvgIpc) is 3.81. The van der Waals surface area contributed by atoms with E-state index >= 15 is 4.39 Å². The number of halogens is 1. The van der Waals surface area contributed by atoms with E-state index in [2.05, 4.69) is 51.6 Å². The van der Waals surface area contributed by atoms with Crippen molar-refractivity contribution in [2.45, 2.75) is 88.5 Å². The van der Waals surface area contributed by atoms with Crippen molar-refractivity contribution in [3.05, 3.63) is 112 Å². The predicted molar refractivity (Wildman–Crippen MR) is 287 cm³/mol. The van der Waals surface area contributed by atoms with Gasteiger partial charge in [0.1, 0.15) is 17.9 Å². The predicted octanol–water partition coefficient (Wildman–Crippen LogP) is 4.95. The van der Waals surface area contributed by atoms with Gasteiger partial charge in [0.05, 0.1) is 60.5 Å². The second kappa shape index (κ2) is 24.6. The maximum Gasteiger partial charge on any atom is 0.320 e. The van der Waals surface area contributed by atoms with Gasteiger partial charge in [-0.15, -0.1) is 23.1 Å². The number of rotatable bonds is 22. The number of hydrazone groups is 1. The zero-order valence-electron chi connectivity index (χ0n) is 42.3. The summed E-state index contributed by atoms with van der Waals surface area (Å²) in [4.78, 5) is 85.1. The molecule has 3 fully saturated rings. The van der Waals surface area contributed by atoms with E-state index in [0.717, 1.165) is 50.2 Å². The minimum Gasteiger partial charge on any atom is -0.463 e. The third kappa shape index (κ3) is 14.9. The largest absolute Gasteiger partial charge is 0.463 e. The van der Waals surface area contributed by atoms with E-state index in [1.807, 2.05) is 80.6 Å². The maximum atomic E-state index is 15.1. The van der Waals surface area contributed by atoms with Gasteiger partial charge in [0.15, 0.2) is 11.5 Å². The van der Waals surface area contributed by atoms with Crippen LogP contribution in [-0.2, 0) is 41.7 Å². The molecular weight excluding hydrogens is 1000 g/mol. The molecule has 1 saturated carbocycles. The first kappa shape index (κ1) is 54.3. The highest BCUT2D eigenvalue weighted by molar-refractivity contribution is 8.01. The van der Waals surface area contributed by atoms with E-state index in [1.165, 1.54) is 16.2 Å². The molecule has 2 aliphatic heterocycles. The van der Waals surface area contributed by atoms with Gasteiger partial charge in [0, 0.05) is 55.5 Å². The number of anilines is 3. The van der Waals surface area contributed by atoms with Gasteiger partial charge in [-0.1, -0.05) is 66.2 Å². The van der Waals surface area contributed by atoms with Gasteiger partial charge in [-0.05, 0) is 74.9 Å². The Balaban J connectivity index is 0.804. The first-order chi connectivity index (χ1) is 36.0. The van der Waals surface area contributed by atoms with Crippen LogP contribution in [0.2, 0.25) is 0 Å². The number of thioether (sulfide) groups is 1. The lowest BCUT2D eigenvalue weighted by atomic mass is 10.00. The van der Waals surface area contributed by atoms with Crippen LogP contribution < -0.4 is 36.3 Å². The van der Waals surface area contributed by atoms with Crippen LogP contribution in [0.25, 0.3) is 10.4 Å². The van der Waals surface area contributed by atoms with Crippen molar-refractivity contribution in [1.29, 1.82) is 0 Å². The van der Waals surface area contributed by atoms with Gasteiger partial charge in [-0.25, -0.2) is 9.37 Å². The fourth-order valence-corrected chi connectivity index (χ4v) is 10.2. The highest BCUT2D eigenvalue weighted by atomic mass is 32.2. The minimum absolute atomic E-state index is 0.00300. The number of aliphatic hydroxyl groups excluding tert-OH is 1. The number of hydrogen-bond donors (Lipinski definition) is 6. The summed E-state index contributed by atoms with van der Waals surface area (Å²) in [5.74, 6) is -2.22. The van der Waals surface area contributed by atoms with Crippen molar-refractivity contribution in [2.24, 2.45) is 5.10 Å². The van der Waals surface area contributed by atoms with Crippen molar-refractivity contribution in [1.82, 2.24) is 35.8 Å². The van der Waals surface area contributed by atoms with E-state index in [-0.39, 0.29) is 57.3 Å². The van der Waals surface area contributed by atoms with Gasteiger partial charge in [-0.3, -0.25) is 29.4 Å². The molecule has 2 saturated heterocycles. The molecule has 22 heteroatoms. The number of amides is 5. The molecule has 3 aromatic carbocycles. The summed E-state index contributed by atoms with van der Waals surface area (Å²) in [5.41, 5.74) is 8.91. The second-order valence-electron chi connectivity index (χ2n) is 19.2. The third-order valence-electron chi connectivity index (χ3n) is 12.9. The Morgan fingerprint density at radius 3 is 2.44 bits per heavy atom. The number of carbonyl (C=O) groups is 5. The number of carbonyl (C=O) groups excluding carboxylic acids is 5. The van der Waals surface area contributed by atoms with Gasteiger partial charge >= 0.3 is 6.01 Å². The molecule has 0 bridgehead atoms. The summed E-state index contributed by atoms with van der Waals surface area (Å²) in [6.45, 7) is 9.63. The Morgan fingerprint density at radius 1 is 0.987 bits per heavy atom. The smallest absolute Gasteiger partial charge is 0.320 e. The minimum atomic E-state index is -2.12. The zero-order valence-corrected chi connectivity index (χ0v) is 43.9. The Kier molecular flexibility index (Phi) is 17.8. The van der Waals surface area contributed by atoms with Crippen LogP contribution in [0.3, 0.4) is 0 Å². The number of ether oxygens (including phenoxy) is 2. The van der Waals surface area contributed by atoms with E-state index in [1.54, 1.807) is 37.7 Å². The molecule has 4 heterocycles. The first-order valence-electron chi connectivity index (χ1n) is 24.8. The number of thiazole rings is 1. The molecule has 5 aromatic rings. The van der Waals surface area contributed by atoms with Crippen molar-refractivity contribution < 1.29 is 42.9 Å². The van der Waals surface area contributed by atoms with Crippen molar-refractivity contribution in [3.8, 4) is 16.5 Å². The standard InChI is InChI=1S/C53H62FN11O8S2/c1-33-6-5-7-37(24-33)28-58-63-42-26-43(64-19-22-72-23-20-64)61-51(60-42)73-21-16-35-10-14-39(15-11-35)59-44(67)29-55-45(68)31-75-52(3,4)47(62-50(71)53(54)17-18-53)49(70)65-30-40(66)25-41(65)48(69)56-27-36-8-12-38(13-9-36)46-34(2)57-32-74-46/h5-15,24,26,28,32,40-41,47,66H,16-23,25,27,29-31H2,1-4H3,(H,55,68)(H,56,69)(H,59,67)(H,62,71)(H,60,61,63)/b58-28+/t40-,41+,47-/m1/s1. The lowest BCUT2D eigenvalue weighted by Gasteiger charge is -2.37. The van der Waals surface area contributed by atoms with E-state index in [4.69, 9.17) is 9.47 Å². The second-order valence-corrected chi connectivity index (χ2v) is 21.7. The fraction of sp³-hybridized carbons (Fsp3) is 0.415. The molecule has 8 rings (SSSR count). The van der Waals surface area contributed by atoms with Gasteiger partial charge in [0.25, 0.3) is 5.91 Å². The lowest BCUT2D eigenvalue weighted by Crippen LogP contribution is -2.61. The molecule has 0 radical (unpaired) electrons. The number of β-amino-alcohol motifs (C(OH)–C–C–N with tert-alkyl or cyclic N) is 1. The number of nitrogens with zero attached hydrogens (tertiary/aromatic N) is 6. The summed E-state index contributed by atoms with van der Waals surface area (Å²) in [6.07, 6.45) is 1.18. The molecule has 6 N–H and O–H groups in total. The molecule has 5 amide bonds. The molecule has 396 valence electrons. The van der Waals surface area contributed by atoms with Gasteiger partial charge < -0.3 is 45.6 Å². The lowest BCUT2D eigenvalue weighted by molar-refractivity contribution is -0.143. The Hall–Kier alpha value is -7.01. The molecule has 3 aliphatic rings. The van der Waals surface area contributed by atoms with Crippen LogP contribution in [0, 0.1) is 13.8 Å². The van der Waals surface area contributed by atoms with Crippen molar-refractivity contribution in [2.75, 3.05) is 67.4 Å². The zero-order chi connectivity index (χ0) is 53.1. The number of aryl methyl sites for hydroxylation is 2. The number of aromatic nitrogens is 3. The highest BCUT2D eigenvalue weighted by Gasteiger charge is 2.54. The number of hydrogen-bond acceptors (Lipinski definition) is 16. The summed E-state index contributed by atoms with van der Waals surface area (Å²) < 4.78 is 25.4.